The molecule has 0 spiro atoms. The van der Waals surface area contributed by atoms with Gasteiger partial charge in [0.25, 0.3) is 5.91 Å². The molecule has 1 fully saturated rings. The van der Waals surface area contributed by atoms with Crippen LogP contribution in [0, 0.1) is 0 Å². The first-order valence-corrected chi connectivity index (χ1v) is 6.98. The maximum Gasteiger partial charge on any atom is 0.267 e. The smallest absolute Gasteiger partial charge is 0.267 e. The van der Waals surface area contributed by atoms with E-state index in [1.54, 1.807) is 12.3 Å². The average molecular weight is 288 g/mol. The van der Waals surface area contributed by atoms with Crippen molar-refractivity contribution in [1.29, 1.82) is 0 Å². The number of carbonyl (C=O) groups excluding carboxylic acids is 2. The number of nitrogens with zero attached hydrogens (tertiary/aromatic N) is 2. The molecule has 1 atom stereocenters. The lowest BCUT2D eigenvalue weighted by atomic mass is 10.0. The first kappa shape index (κ1) is 15.2. The van der Waals surface area contributed by atoms with Crippen molar-refractivity contribution in [2.75, 3.05) is 13.1 Å². The van der Waals surface area contributed by atoms with Crippen LogP contribution in [0.1, 0.15) is 28.9 Å². The van der Waals surface area contributed by atoms with Crippen LogP contribution >= 0.6 is 0 Å². The van der Waals surface area contributed by atoms with Crippen LogP contribution < -0.4 is 11.1 Å². The Balaban J connectivity index is 1.96. The van der Waals surface area contributed by atoms with Gasteiger partial charge < -0.3 is 11.1 Å². The number of carbonyl (C=O) groups is 2. The predicted molar refractivity (Wildman–Crippen MR) is 79.4 cm³/mol. The zero-order valence-corrected chi connectivity index (χ0v) is 11.9. The molecule has 0 bridgehead atoms. The molecule has 3 N–H and O–H groups in total. The number of likely N-dealkylation sites (tertiary alicyclic amines) is 1. The highest BCUT2D eigenvalue weighted by Gasteiger charge is 2.20. The number of nitrogens with one attached hydrogen (secondary N) is 1. The Kier molecular flexibility index (Phi) is 5.05. The van der Waals surface area contributed by atoms with Gasteiger partial charge in [0.05, 0.1) is 0 Å². The molecule has 0 saturated carbocycles. The van der Waals surface area contributed by atoms with E-state index in [1.807, 2.05) is 6.07 Å². The van der Waals surface area contributed by atoms with E-state index in [4.69, 9.17) is 5.73 Å². The van der Waals surface area contributed by atoms with Gasteiger partial charge in [-0.25, -0.2) is 0 Å². The van der Waals surface area contributed by atoms with Crippen molar-refractivity contribution in [2.24, 2.45) is 5.73 Å². The number of aromatic nitrogens is 1. The summed E-state index contributed by atoms with van der Waals surface area (Å²) in [4.78, 5) is 28.7. The normalized spacial score (nSPS) is 19.0. The molecule has 2 amide bonds. The van der Waals surface area contributed by atoms with Gasteiger partial charge in [0, 0.05) is 25.3 Å². The molecule has 21 heavy (non-hydrogen) atoms. The Hall–Kier alpha value is -2.21. The zero-order chi connectivity index (χ0) is 15.2. The van der Waals surface area contributed by atoms with Gasteiger partial charge in [0.1, 0.15) is 5.69 Å². The van der Waals surface area contributed by atoms with Crippen LogP contribution in [0.15, 0.2) is 31.0 Å². The van der Waals surface area contributed by atoms with Crippen molar-refractivity contribution >= 4 is 11.8 Å². The summed E-state index contributed by atoms with van der Waals surface area (Å²) in [6.07, 6.45) is 4.88. The van der Waals surface area contributed by atoms with Crippen LogP contribution in [0.5, 0.6) is 0 Å². The molecule has 0 unspecified atom stereocenters. The second kappa shape index (κ2) is 6.99. The molecule has 1 aliphatic heterocycles. The van der Waals surface area contributed by atoms with Gasteiger partial charge in [-0.1, -0.05) is 6.58 Å². The Morgan fingerprint density at radius 1 is 1.57 bits per heavy atom. The van der Waals surface area contributed by atoms with Crippen molar-refractivity contribution in [3.05, 3.63) is 42.2 Å². The van der Waals surface area contributed by atoms with E-state index in [0.29, 0.717) is 6.54 Å². The van der Waals surface area contributed by atoms with Gasteiger partial charge in [-0.05, 0) is 43.2 Å². The Bertz CT molecular complexity index is 544. The van der Waals surface area contributed by atoms with E-state index in [9.17, 15) is 9.59 Å². The topological polar surface area (TPSA) is 88.3 Å². The molecule has 1 aliphatic rings. The molecule has 1 aromatic rings. The molecule has 0 aliphatic carbocycles. The Morgan fingerprint density at radius 3 is 3.10 bits per heavy atom. The number of rotatable bonds is 5. The van der Waals surface area contributed by atoms with Crippen molar-refractivity contribution < 1.29 is 9.59 Å². The van der Waals surface area contributed by atoms with Crippen molar-refractivity contribution in [3.8, 4) is 0 Å². The van der Waals surface area contributed by atoms with Crippen LogP contribution in [0.2, 0.25) is 0 Å². The lowest BCUT2D eigenvalue weighted by Crippen LogP contribution is -2.46. The second-order valence-corrected chi connectivity index (χ2v) is 5.20. The van der Waals surface area contributed by atoms with Crippen LogP contribution in [0.3, 0.4) is 0 Å². The number of primary amides is 1. The van der Waals surface area contributed by atoms with Gasteiger partial charge in [0.2, 0.25) is 5.91 Å². The van der Waals surface area contributed by atoms with Gasteiger partial charge in [-0.3, -0.25) is 19.5 Å². The molecule has 2 rings (SSSR count). The summed E-state index contributed by atoms with van der Waals surface area (Å²) >= 11 is 0. The minimum absolute atomic E-state index is 0.137. The molecule has 1 saturated heterocycles. The van der Waals surface area contributed by atoms with E-state index in [0.717, 1.165) is 31.5 Å². The number of piperidine rings is 1. The summed E-state index contributed by atoms with van der Waals surface area (Å²) in [5, 5.41) is 2.93. The molecule has 2 heterocycles. The van der Waals surface area contributed by atoms with E-state index in [1.165, 1.54) is 6.08 Å². The zero-order valence-electron chi connectivity index (χ0n) is 11.9. The summed E-state index contributed by atoms with van der Waals surface area (Å²) in [7, 11) is 0. The summed E-state index contributed by atoms with van der Waals surface area (Å²) in [5.74, 6) is -0.659. The number of hydrogen-bond donors (Lipinski definition) is 2. The summed E-state index contributed by atoms with van der Waals surface area (Å²) in [6, 6.07) is 3.73. The summed E-state index contributed by atoms with van der Waals surface area (Å²) < 4.78 is 0. The van der Waals surface area contributed by atoms with Gasteiger partial charge >= 0.3 is 0 Å². The number of nitrogens with two attached hydrogens (primary N) is 1. The quantitative estimate of drug-likeness (QED) is 0.770. The lowest BCUT2D eigenvalue weighted by molar-refractivity contribution is -0.117. The third-order valence-electron chi connectivity index (χ3n) is 3.52. The SMILES string of the molecule is C=CC(=O)N[C@@H]1CCCN(Cc2ccnc(C(N)=O)c2)C1. The molecule has 0 radical (unpaired) electrons. The maximum atomic E-state index is 11.4. The maximum absolute atomic E-state index is 11.4. The molecular weight excluding hydrogens is 268 g/mol. The fraction of sp³-hybridized carbons (Fsp3) is 0.400. The standard InChI is InChI=1S/C15H20N4O2/c1-2-14(20)18-12-4-3-7-19(10-12)9-11-5-6-17-13(8-11)15(16)21/h2,5-6,8,12H,1,3-4,7,9-10H2,(H2,16,21)(H,18,20)/t12-/m1/s1. The molecule has 1 aromatic heterocycles. The Morgan fingerprint density at radius 2 is 2.38 bits per heavy atom. The van der Waals surface area contributed by atoms with E-state index in [-0.39, 0.29) is 17.6 Å². The van der Waals surface area contributed by atoms with Gasteiger partial charge in [-0.15, -0.1) is 0 Å². The number of pyridine rings is 1. The van der Waals surface area contributed by atoms with Crippen molar-refractivity contribution in [1.82, 2.24) is 15.2 Å². The predicted octanol–water partition coefficient (Wildman–Crippen LogP) is 0.447. The monoisotopic (exact) mass is 288 g/mol. The fourth-order valence-electron chi connectivity index (χ4n) is 2.54. The highest BCUT2D eigenvalue weighted by molar-refractivity contribution is 5.90. The van der Waals surface area contributed by atoms with Crippen molar-refractivity contribution in [3.63, 3.8) is 0 Å². The minimum atomic E-state index is -0.522. The highest BCUT2D eigenvalue weighted by atomic mass is 16.1. The van der Waals surface area contributed by atoms with E-state index >= 15 is 0 Å². The largest absolute Gasteiger partial charge is 0.364 e. The Labute approximate surface area is 124 Å². The lowest BCUT2D eigenvalue weighted by Gasteiger charge is -2.33. The minimum Gasteiger partial charge on any atom is -0.364 e. The van der Waals surface area contributed by atoms with Crippen molar-refractivity contribution in [2.45, 2.75) is 25.4 Å². The molecule has 6 nitrogen and oxygen atoms in total. The molecule has 112 valence electrons. The summed E-state index contributed by atoms with van der Waals surface area (Å²) in [6.45, 7) is 5.93. The number of hydrogen-bond acceptors (Lipinski definition) is 4. The average Bonchev–Trinajstić information content (AvgIpc) is 2.47. The first-order valence-electron chi connectivity index (χ1n) is 6.98. The van der Waals surface area contributed by atoms with Gasteiger partial charge in [0.15, 0.2) is 0 Å². The van der Waals surface area contributed by atoms with Crippen LogP contribution in [-0.2, 0) is 11.3 Å². The fourth-order valence-corrected chi connectivity index (χ4v) is 2.54. The van der Waals surface area contributed by atoms with Crippen LogP contribution in [0.25, 0.3) is 0 Å². The second-order valence-electron chi connectivity index (χ2n) is 5.20. The van der Waals surface area contributed by atoms with E-state index in [2.05, 4.69) is 21.8 Å². The highest BCUT2D eigenvalue weighted by Crippen LogP contribution is 2.14. The summed E-state index contributed by atoms with van der Waals surface area (Å²) in [5.41, 5.74) is 6.51. The van der Waals surface area contributed by atoms with E-state index < -0.39 is 5.91 Å². The first-order chi connectivity index (χ1) is 10.1. The third kappa shape index (κ3) is 4.39. The third-order valence-corrected chi connectivity index (χ3v) is 3.52. The van der Waals surface area contributed by atoms with Crippen LogP contribution in [0.4, 0.5) is 0 Å². The van der Waals surface area contributed by atoms with Gasteiger partial charge in [-0.2, -0.15) is 0 Å². The number of amides is 2. The molecule has 0 aromatic carbocycles. The molecular formula is C15H20N4O2. The molecule has 6 heteroatoms. The van der Waals surface area contributed by atoms with Crippen LogP contribution in [-0.4, -0.2) is 40.8 Å².